The van der Waals surface area contributed by atoms with Crippen molar-refractivity contribution in [1.29, 1.82) is 0 Å². The van der Waals surface area contributed by atoms with Crippen molar-refractivity contribution in [2.75, 3.05) is 19.0 Å². The predicted octanol–water partition coefficient (Wildman–Crippen LogP) is 3.17. The molecule has 122 valence electrons. The van der Waals surface area contributed by atoms with Gasteiger partial charge < -0.3 is 20.5 Å². The molecule has 0 spiro atoms. The maximum absolute atomic E-state index is 11.9. The van der Waals surface area contributed by atoms with Crippen LogP contribution in [0.15, 0.2) is 42.5 Å². The number of ether oxygens (including phenoxy) is 1. The van der Waals surface area contributed by atoms with E-state index in [1.165, 1.54) is 0 Å². The highest BCUT2D eigenvalue weighted by molar-refractivity contribution is 5.90. The lowest BCUT2D eigenvalue weighted by atomic mass is 10.1. The van der Waals surface area contributed by atoms with Gasteiger partial charge in [-0.25, -0.2) is 4.79 Å². The predicted molar refractivity (Wildman–Crippen MR) is 90.9 cm³/mol. The molecule has 0 radical (unpaired) electrons. The first-order valence-corrected chi connectivity index (χ1v) is 7.43. The number of urea groups is 1. The van der Waals surface area contributed by atoms with Crippen LogP contribution in [0.4, 0.5) is 10.5 Å². The van der Waals surface area contributed by atoms with Gasteiger partial charge in [-0.15, -0.1) is 0 Å². The van der Waals surface area contributed by atoms with Crippen LogP contribution < -0.4 is 15.4 Å². The summed E-state index contributed by atoms with van der Waals surface area (Å²) in [5, 5.41) is 15.6. The molecule has 1 unspecified atom stereocenters. The van der Waals surface area contributed by atoms with Crippen molar-refractivity contribution >= 4 is 11.7 Å². The third-order valence-electron chi connectivity index (χ3n) is 3.59. The first kappa shape index (κ1) is 16.8. The third-order valence-corrected chi connectivity index (χ3v) is 3.59. The van der Waals surface area contributed by atoms with E-state index >= 15 is 0 Å². The fourth-order valence-electron chi connectivity index (χ4n) is 2.25. The van der Waals surface area contributed by atoms with Crippen LogP contribution in [0.25, 0.3) is 0 Å². The number of aliphatic hydroxyl groups is 1. The lowest BCUT2D eigenvalue weighted by molar-refractivity contribution is 0.175. The number of nitrogens with one attached hydrogen (secondary N) is 2. The fourth-order valence-corrected chi connectivity index (χ4v) is 2.25. The molecule has 5 heteroatoms. The molecule has 0 aliphatic heterocycles. The summed E-state index contributed by atoms with van der Waals surface area (Å²) in [6.07, 6.45) is -0.772. The van der Waals surface area contributed by atoms with Crippen molar-refractivity contribution < 1.29 is 14.6 Å². The van der Waals surface area contributed by atoms with E-state index in [-0.39, 0.29) is 12.6 Å². The minimum atomic E-state index is -0.772. The highest BCUT2D eigenvalue weighted by Gasteiger charge is 2.10. The maximum Gasteiger partial charge on any atom is 0.319 e. The van der Waals surface area contributed by atoms with Gasteiger partial charge in [0.15, 0.2) is 0 Å². The SMILES string of the molecule is COc1ccc(C(O)CNC(=O)Nc2ccc(C)cc2C)cc1. The van der Waals surface area contributed by atoms with Crippen molar-refractivity contribution in [3.63, 3.8) is 0 Å². The first-order valence-electron chi connectivity index (χ1n) is 7.43. The Balaban J connectivity index is 1.87. The van der Waals surface area contributed by atoms with Crippen LogP contribution in [-0.4, -0.2) is 24.8 Å². The number of carbonyl (C=O) groups excluding carboxylic acids is 1. The van der Waals surface area contributed by atoms with Gasteiger partial charge in [-0.1, -0.05) is 29.8 Å². The standard InChI is InChI=1S/C18H22N2O3/c1-12-4-9-16(13(2)10-12)20-18(22)19-11-17(21)14-5-7-15(23-3)8-6-14/h4-10,17,21H,11H2,1-3H3,(H2,19,20,22). The first-order chi connectivity index (χ1) is 11.0. The zero-order valence-corrected chi connectivity index (χ0v) is 13.6. The Labute approximate surface area is 136 Å². The van der Waals surface area contributed by atoms with E-state index in [0.29, 0.717) is 0 Å². The van der Waals surface area contributed by atoms with E-state index in [2.05, 4.69) is 10.6 Å². The molecule has 0 fully saturated rings. The second-order valence-electron chi connectivity index (χ2n) is 5.44. The molecule has 1 atom stereocenters. The molecular weight excluding hydrogens is 292 g/mol. The Bertz CT molecular complexity index is 668. The van der Waals surface area contributed by atoms with E-state index < -0.39 is 6.10 Å². The number of hydrogen-bond donors (Lipinski definition) is 3. The molecule has 0 aliphatic rings. The van der Waals surface area contributed by atoms with Crippen molar-refractivity contribution in [3.8, 4) is 5.75 Å². The van der Waals surface area contributed by atoms with Gasteiger partial charge in [0.25, 0.3) is 0 Å². The van der Waals surface area contributed by atoms with Gasteiger partial charge in [-0.05, 0) is 43.2 Å². The van der Waals surface area contributed by atoms with Gasteiger partial charge in [0, 0.05) is 12.2 Å². The largest absolute Gasteiger partial charge is 0.497 e. The molecule has 0 saturated heterocycles. The van der Waals surface area contributed by atoms with Crippen molar-refractivity contribution in [2.24, 2.45) is 0 Å². The number of carbonyl (C=O) groups is 1. The van der Waals surface area contributed by atoms with Gasteiger partial charge >= 0.3 is 6.03 Å². The number of benzene rings is 2. The Morgan fingerprint density at radius 1 is 1.17 bits per heavy atom. The summed E-state index contributed by atoms with van der Waals surface area (Å²) < 4.78 is 5.07. The molecule has 0 heterocycles. The molecule has 3 N–H and O–H groups in total. The average Bonchev–Trinajstić information content (AvgIpc) is 2.55. The summed E-state index contributed by atoms with van der Waals surface area (Å²) in [7, 11) is 1.59. The summed E-state index contributed by atoms with van der Waals surface area (Å²) in [5.74, 6) is 0.724. The summed E-state index contributed by atoms with van der Waals surface area (Å²) in [6.45, 7) is 4.07. The van der Waals surface area contributed by atoms with Crippen LogP contribution >= 0.6 is 0 Å². The molecule has 2 aromatic rings. The van der Waals surface area contributed by atoms with Gasteiger partial charge in [-0.3, -0.25) is 0 Å². The Morgan fingerprint density at radius 2 is 1.87 bits per heavy atom. The number of anilines is 1. The van der Waals surface area contributed by atoms with E-state index in [9.17, 15) is 9.90 Å². The van der Waals surface area contributed by atoms with Crippen LogP contribution in [0, 0.1) is 13.8 Å². The Morgan fingerprint density at radius 3 is 2.48 bits per heavy atom. The smallest absolute Gasteiger partial charge is 0.319 e. The van der Waals surface area contributed by atoms with Crippen LogP contribution in [0.3, 0.4) is 0 Å². The maximum atomic E-state index is 11.9. The number of methoxy groups -OCH3 is 1. The number of aryl methyl sites for hydroxylation is 2. The number of aliphatic hydroxyl groups excluding tert-OH is 1. The van der Waals surface area contributed by atoms with Crippen LogP contribution in [0.5, 0.6) is 5.75 Å². The number of hydrogen-bond acceptors (Lipinski definition) is 3. The van der Waals surface area contributed by atoms with Gasteiger partial charge in [0.1, 0.15) is 5.75 Å². The lowest BCUT2D eigenvalue weighted by Crippen LogP contribution is -2.32. The quantitative estimate of drug-likeness (QED) is 0.794. The summed E-state index contributed by atoms with van der Waals surface area (Å²) in [6, 6.07) is 12.5. The summed E-state index contributed by atoms with van der Waals surface area (Å²) in [4.78, 5) is 11.9. The fraction of sp³-hybridized carbons (Fsp3) is 0.278. The lowest BCUT2D eigenvalue weighted by Gasteiger charge is -2.14. The van der Waals surface area contributed by atoms with Crippen molar-refractivity contribution in [2.45, 2.75) is 20.0 Å². The highest BCUT2D eigenvalue weighted by Crippen LogP contribution is 2.18. The van der Waals surface area contributed by atoms with E-state index in [0.717, 1.165) is 28.1 Å². The van der Waals surface area contributed by atoms with E-state index in [1.807, 2.05) is 32.0 Å². The molecule has 0 bridgehead atoms. The topological polar surface area (TPSA) is 70.6 Å². The summed E-state index contributed by atoms with van der Waals surface area (Å²) in [5.41, 5.74) is 3.61. The second kappa shape index (κ2) is 7.65. The molecule has 0 aromatic heterocycles. The van der Waals surface area contributed by atoms with Crippen LogP contribution in [0.1, 0.15) is 22.8 Å². The molecular formula is C18H22N2O3. The molecule has 0 aliphatic carbocycles. The monoisotopic (exact) mass is 314 g/mol. The van der Waals surface area contributed by atoms with Crippen molar-refractivity contribution in [1.82, 2.24) is 5.32 Å². The molecule has 0 saturated carbocycles. The average molecular weight is 314 g/mol. The van der Waals surface area contributed by atoms with E-state index in [1.54, 1.807) is 31.4 Å². The minimum absolute atomic E-state index is 0.128. The molecule has 2 aromatic carbocycles. The minimum Gasteiger partial charge on any atom is -0.497 e. The van der Waals surface area contributed by atoms with Gasteiger partial charge in [-0.2, -0.15) is 0 Å². The summed E-state index contributed by atoms with van der Waals surface area (Å²) >= 11 is 0. The zero-order chi connectivity index (χ0) is 16.8. The normalized spacial score (nSPS) is 11.7. The van der Waals surface area contributed by atoms with Gasteiger partial charge in [0.2, 0.25) is 0 Å². The zero-order valence-electron chi connectivity index (χ0n) is 13.6. The second-order valence-corrected chi connectivity index (χ2v) is 5.44. The van der Waals surface area contributed by atoms with Crippen LogP contribution in [-0.2, 0) is 0 Å². The highest BCUT2D eigenvalue weighted by atomic mass is 16.5. The Hall–Kier alpha value is -2.53. The Kier molecular flexibility index (Phi) is 5.60. The van der Waals surface area contributed by atoms with Gasteiger partial charge in [0.05, 0.1) is 13.2 Å². The number of amides is 2. The molecule has 23 heavy (non-hydrogen) atoms. The molecule has 2 rings (SSSR count). The number of rotatable bonds is 5. The molecule has 5 nitrogen and oxygen atoms in total. The van der Waals surface area contributed by atoms with E-state index in [4.69, 9.17) is 4.74 Å². The molecule has 2 amide bonds. The van der Waals surface area contributed by atoms with Crippen molar-refractivity contribution in [3.05, 3.63) is 59.2 Å². The van der Waals surface area contributed by atoms with Crippen LogP contribution in [0.2, 0.25) is 0 Å². The third kappa shape index (κ3) is 4.72.